The van der Waals surface area contributed by atoms with Crippen LogP contribution in [0.4, 0.5) is 5.69 Å². The lowest BCUT2D eigenvalue weighted by Crippen LogP contribution is -2.30. The van der Waals surface area contributed by atoms with Crippen molar-refractivity contribution in [3.05, 3.63) is 69.8 Å². The molecule has 1 saturated heterocycles. The van der Waals surface area contributed by atoms with E-state index in [0.29, 0.717) is 25.2 Å². The van der Waals surface area contributed by atoms with Crippen molar-refractivity contribution in [2.45, 2.75) is 17.7 Å². The van der Waals surface area contributed by atoms with Crippen molar-refractivity contribution in [3.8, 4) is 0 Å². The van der Waals surface area contributed by atoms with Crippen LogP contribution in [-0.2, 0) is 10.0 Å². The van der Waals surface area contributed by atoms with Gasteiger partial charge in [0.1, 0.15) is 0 Å². The van der Waals surface area contributed by atoms with Crippen molar-refractivity contribution in [1.29, 1.82) is 0 Å². The van der Waals surface area contributed by atoms with Crippen LogP contribution in [0.3, 0.4) is 0 Å². The Labute approximate surface area is 164 Å². The van der Waals surface area contributed by atoms with Gasteiger partial charge in [-0.3, -0.25) is 10.1 Å². The SMILES string of the molecule is Cc1cc(S(=O)(=O)N2C[C@@H](CN)[C@H](c3ccccc3)C2)ccc1[N+](=O)[O-].Cl. The molecule has 2 N–H and O–H groups in total. The van der Waals surface area contributed by atoms with Gasteiger partial charge in [0.15, 0.2) is 0 Å². The van der Waals surface area contributed by atoms with Gasteiger partial charge in [-0.1, -0.05) is 30.3 Å². The van der Waals surface area contributed by atoms with Gasteiger partial charge < -0.3 is 5.73 Å². The minimum atomic E-state index is -3.73. The molecule has 2 atom stereocenters. The highest BCUT2D eigenvalue weighted by Crippen LogP contribution is 2.35. The topological polar surface area (TPSA) is 107 Å². The number of halogens is 1. The molecule has 27 heavy (non-hydrogen) atoms. The monoisotopic (exact) mass is 411 g/mol. The summed E-state index contributed by atoms with van der Waals surface area (Å²) in [4.78, 5) is 10.5. The van der Waals surface area contributed by atoms with E-state index >= 15 is 0 Å². The summed E-state index contributed by atoms with van der Waals surface area (Å²) >= 11 is 0. The molecule has 146 valence electrons. The van der Waals surface area contributed by atoms with Crippen LogP contribution in [0.5, 0.6) is 0 Å². The third-order valence-electron chi connectivity index (χ3n) is 4.94. The van der Waals surface area contributed by atoms with Gasteiger partial charge in [-0.15, -0.1) is 12.4 Å². The predicted octanol–water partition coefficient (Wildman–Crippen LogP) is 2.69. The van der Waals surface area contributed by atoms with E-state index in [-0.39, 0.29) is 34.8 Å². The second kappa shape index (κ2) is 8.35. The number of sulfonamides is 1. The van der Waals surface area contributed by atoms with E-state index in [9.17, 15) is 18.5 Å². The van der Waals surface area contributed by atoms with Crippen molar-refractivity contribution in [2.75, 3.05) is 19.6 Å². The first-order valence-electron chi connectivity index (χ1n) is 8.34. The Hall–Kier alpha value is -2.00. The van der Waals surface area contributed by atoms with E-state index in [1.165, 1.54) is 29.4 Å². The van der Waals surface area contributed by atoms with Crippen molar-refractivity contribution in [3.63, 3.8) is 0 Å². The molecule has 7 nitrogen and oxygen atoms in total. The van der Waals surface area contributed by atoms with Gasteiger partial charge in [0.2, 0.25) is 10.0 Å². The average Bonchev–Trinajstić information content (AvgIpc) is 3.07. The molecule has 0 bridgehead atoms. The largest absolute Gasteiger partial charge is 0.330 e. The zero-order chi connectivity index (χ0) is 18.9. The highest BCUT2D eigenvalue weighted by Gasteiger charge is 2.39. The second-order valence-electron chi connectivity index (χ2n) is 6.54. The zero-order valence-electron chi connectivity index (χ0n) is 14.8. The van der Waals surface area contributed by atoms with Gasteiger partial charge in [-0.2, -0.15) is 4.31 Å². The number of nitro groups is 1. The van der Waals surface area contributed by atoms with Gasteiger partial charge in [0.05, 0.1) is 9.82 Å². The summed E-state index contributed by atoms with van der Waals surface area (Å²) in [6.45, 7) is 2.63. The van der Waals surface area contributed by atoms with Gasteiger partial charge in [0.25, 0.3) is 5.69 Å². The molecular weight excluding hydrogens is 390 g/mol. The van der Waals surface area contributed by atoms with Crippen molar-refractivity contribution >= 4 is 28.1 Å². The maximum atomic E-state index is 13.0. The predicted molar refractivity (Wildman–Crippen MR) is 106 cm³/mol. The molecule has 0 saturated carbocycles. The minimum Gasteiger partial charge on any atom is -0.330 e. The first-order valence-corrected chi connectivity index (χ1v) is 9.79. The Bertz CT molecular complexity index is 921. The van der Waals surface area contributed by atoms with Gasteiger partial charge in [0, 0.05) is 30.6 Å². The van der Waals surface area contributed by atoms with Crippen LogP contribution >= 0.6 is 12.4 Å². The Morgan fingerprint density at radius 2 is 1.85 bits per heavy atom. The van der Waals surface area contributed by atoms with E-state index in [1.54, 1.807) is 0 Å². The van der Waals surface area contributed by atoms with E-state index in [0.717, 1.165) is 5.56 Å². The van der Waals surface area contributed by atoms with Crippen LogP contribution in [0.15, 0.2) is 53.4 Å². The Kier molecular flexibility index (Phi) is 6.59. The molecule has 0 aliphatic carbocycles. The quantitative estimate of drug-likeness (QED) is 0.601. The lowest BCUT2D eigenvalue weighted by Gasteiger charge is -2.17. The lowest BCUT2D eigenvalue weighted by atomic mass is 9.89. The molecule has 0 aromatic heterocycles. The van der Waals surface area contributed by atoms with Gasteiger partial charge in [-0.05, 0) is 37.1 Å². The molecule has 0 amide bonds. The first-order chi connectivity index (χ1) is 12.3. The molecule has 1 aliphatic heterocycles. The third-order valence-corrected chi connectivity index (χ3v) is 6.77. The molecule has 2 aromatic rings. The maximum Gasteiger partial charge on any atom is 0.272 e. The van der Waals surface area contributed by atoms with Crippen molar-refractivity contribution < 1.29 is 13.3 Å². The summed E-state index contributed by atoms with van der Waals surface area (Å²) in [5.74, 6) is 0.0708. The molecule has 2 aromatic carbocycles. The fraction of sp³-hybridized carbons (Fsp3) is 0.333. The Balaban J connectivity index is 0.00000261. The highest BCUT2D eigenvalue weighted by atomic mass is 35.5. The number of benzene rings is 2. The summed E-state index contributed by atoms with van der Waals surface area (Å²) in [6, 6.07) is 13.7. The van der Waals surface area contributed by atoms with Crippen LogP contribution in [-0.4, -0.2) is 37.3 Å². The summed E-state index contributed by atoms with van der Waals surface area (Å²) in [5, 5.41) is 11.0. The van der Waals surface area contributed by atoms with E-state index < -0.39 is 14.9 Å². The Morgan fingerprint density at radius 1 is 1.19 bits per heavy atom. The molecule has 0 spiro atoms. The number of nitrogens with zero attached hydrogens (tertiary/aromatic N) is 2. The number of rotatable bonds is 5. The van der Waals surface area contributed by atoms with Gasteiger partial charge >= 0.3 is 0 Å². The van der Waals surface area contributed by atoms with Crippen LogP contribution < -0.4 is 5.73 Å². The summed E-state index contributed by atoms with van der Waals surface area (Å²) < 4.78 is 27.5. The fourth-order valence-corrected chi connectivity index (χ4v) is 5.10. The molecule has 1 fully saturated rings. The molecule has 3 rings (SSSR count). The van der Waals surface area contributed by atoms with E-state index in [1.807, 2.05) is 30.3 Å². The molecule has 0 radical (unpaired) electrons. The summed E-state index contributed by atoms with van der Waals surface area (Å²) in [7, 11) is -3.73. The smallest absolute Gasteiger partial charge is 0.272 e. The lowest BCUT2D eigenvalue weighted by molar-refractivity contribution is -0.385. The number of nitro benzene ring substituents is 1. The summed E-state index contributed by atoms with van der Waals surface area (Å²) in [6.07, 6.45) is 0. The van der Waals surface area contributed by atoms with Crippen LogP contribution in [0.25, 0.3) is 0 Å². The van der Waals surface area contributed by atoms with Crippen LogP contribution in [0.2, 0.25) is 0 Å². The van der Waals surface area contributed by atoms with Crippen LogP contribution in [0, 0.1) is 23.0 Å². The molecule has 9 heteroatoms. The molecular formula is C18H22ClN3O4S. The standard InChI is InChI=1S/C18H21N3O4S.ClH/c1-13-9-16(7-8-18(13)21(22)23)26(24,25)20-11-15(10-19)17(12-20)14-5-3-2-4-6-14;/h2-9,15,17H,10-12,19H2,1H3;1H/t15-,17+;/m1./s1. The molecule has 1 aliphatic rings. The maximum absolute atomic E-state index is 13.0. The van der Waals surface area contributed by atoms with E-state index in [4.69, 9.17) is 5.73 Å². The average molecular weight is 412 g/mol. The highest BCUT2D eigenvalue weighted by molar-refractivity contribution is 7.89. The number of aryl methyl sites for hydroxylation is 1. The zero-order valence-corrected chi connectivity index (χ0v) is 16.4. The number of hydrogen-bond donors (Lipinski definition) is 1. The first kappa shape index (κ1) is 21.3. The third kappa shape index (κ3) is 4.14. The molecule has 0 unspecified atom stereocenters. The number of nitrogens with two attached hydrogens (primary N) is 1. The van der Waals surface area contributed by atoms with Crippen LogP contribution in [0.1, 0.15) is 17.0 Å². The molecule has 1 heterocycles. The van der Waals surface area contributed by atoms with Crippen molar-refractivity contribution in [2.24, 2.45) is 11.7 Å². The normalized spacial score (nSPS) is 20.2. The summed E-state index contributed by atoms with van der Waals surface area (Å²) in [5.41, 5.74) is 7.19. The Morgan fingerprint density at radius 3 is 2.41 bits per heavy atom. The minimum absolute atomic E-state index is 0. The fourth-order valence-electron chi connectivity index (χ4n) is 3.49. The van der Waals surface area contributed by atoms with Gasteiger partial charge in [-0.25, -0.2) is 8.42 Å². The van der Waals surface area contributed by atoms with Crippen molar-refractivity contribution in [1.82, 2.24) is 4.31 Å². The van der Waals surface area contributed by atoms with E-state index in [2.05, 4.69) is 0 Å². The number of hydrogen-bond acceptors (Lipinski definition) is 5. The second-order valence-corrected chi connectivity index (χ2v) is 8.48.